The number of anilines is 1. The van der Waals surface area contributed by atoms with Crippen LogP contribution in [0.3, 0.4) is 0 Å². The third kappa shape index (κ3) is 5.34. The van der Waals surface area contributed by atoms with E-state index in [9.17, 15) is 9.59 Å². The van der Waals surface area contributed by atoms with E-state index >= 15 is 0 Å². The number of carbonyl (C=O) groups excluding carboxylic acids is 2. The Kier molecular flexibility index (Phi) is 5.89. The van der Waals surface area contributed by atoms with Crippen LogP contribution in [0.2, 0.25) is 0 Å². The van der Waals surface area contributed by atoms with Crippen molar-refractivity contribution in [3.63, 3.8) is 0 Å². The molecule has 0 bridgehead atoms. The van der Waals surface area contributed by atoms with Crippen molar-refractivity contribution in [1.82, 2.24) is 5.32 Å². The minimum atomic E-state index is -0.403. The molecular formula is C14H20N2O2S. The second kappa shape index (κ2) is 7.19. The predicted molar refractivity (Wildman–Crippen MR) is 79.0 cm³/mol. The third-order valence-corrected chi connectivity index (χ3v) is 3.68. The molecule has 0 saturated heterocycles. The lowest BCUT2D eigenvalue weighted by atomic mass is 10.0. The van der Waals surface area contributed by atoms with E-state index in [0.29, 0.717) is 11.4 Å². The highest BCUT2D eigenvalue weighted by Crippen LogP contribution is 2.18. The number of amides is 1. The molecule has 3 N–H and O–H groups in total. The highest BCUT2D eigenvalue weighted by atomic mass is 32.2. The smallest absolute Gasteiger partial charge is 0.230 e. The maximum absolute atomic E-state index is 11.8. The van der Waals surface area contributed by atoms with E-state index in [1.54, 1.807) is 12.1 Å². The van der Waals surface area contributed by atoms with Crippen LogP contribution in [0.15, 0.2) is 29.2 Å². The zero-order valence-electron chi connectivity index (χ0n) is 11.5. The zero-order chi connectivity index (χ0) is 14.4. The Balaban J connectivity index is 2.47. The molecule has 1 unspecified atom stereocenters. The Morgan fingerprint density at radius 1 is 1.26 bits per heavy atom. The lowest BCUT2D eigenvalue weighted by molar-refractivity contribution is -0.126. The number of nitrogens with two attached hydrogens (primary N) is 1. The summed E-state index contributed by atoms with van der Waals surface area (Å²) in [7, 11) is 0. The summed E-state index contributed by atoms with van der Waals surface area (Å²) >= 11 is 1.42. The van der Waals surface area contributed by atoms with Crippen LogP contribution in [-0.2, 0) is 9.59 Å². The third-order valence-electron chi connectivity index (χ3n) is 2.67. The Morgan fingerprint density at radius 3 is 2.32 bits per heavy atom. The summed E-state index contributed by atoms with van der Waals surface area (Å²) in [4.78, 5) is 24.2. The summed E-state index contributed by atoms with van der Waals surface area (Å²) in [5.41, 5.74) is 6.29. The number of hydrogen-bond acceptors (Lipinski definition) is 4. The lowest BCUT2D eigenvalue weighted by Gasteiger charge is -2.19. The fourth-order valence-corrected chi connectivity index (χ4v) is 2.38. The number of ketones is 1. The van der Waals surface area contributed by atoms with Crippen LogP contribution in [0.1, 0.15) is 20.8 Å². The lowest BCUT2D eigenvalue weighted by Crippen LogP contribution is -2.44. The van der Waals surface area contributed by atoms with E-state index in [4.69, 9.17) is 5.73 Å². The molecule has 5 heteroatoms. The topological polar surface area (TPSA) is 72.2 Å². The molecule has 1 atom stereocenters. The Hall–Kier alpha value is -1.49. The van der Waals surface area contributed by atoms with E-state index in [-0.39, 0.29) is 17.6 Å². The fourth-order valence-electron chi connectivity index (χ4n) is 1.67. The minimum absolute atomic E-state index is 0.0131. The summed E-state index contributed by atoms with van der Waals surface area (Å²) in [5, 5.41) is 2.76. The number of nitrogens with one attached hydrogen (secondary N) is 1. The molecule has 0 aliphatic heterocycles. The van der Waals surface area contributed by atoms with Crippen LogP contribution < -0.4 is 11.1 Å². The average Bonchev–Trinajstić information content (AvgIpc) is 2.34. The van der Waals surface area contributed by atoms with Gasteiger partial charge >= 0.3 is 0 Å². The fraction of sp³-hybridized carbons (Fsp3) is 0.429. The second-order valence-electron chi connectivity index (χ2n) is 4.76. The SMILES string of the molecule is CC(=O)C(NC(=O)CSc1ccc(N)cc1)C(C)C. The van der Waals surface area contributed by atoms with Crippen LogP contribution in [0.4, 0.5) is 5.69 Å². The van der Waals surface area contributed by atoms with Crippen LogP contribution in [0, 0.1) is 5.92 Å². The van der Waals surface area contributed by atoms with Crippen molar-refractivity contribution in [2.45, 2.75) is 31.7 Å². The molecule has 1 aromatic carbocycles. The number of benzene rings is 1. The van der Waals surface area contributed by atoms with Crippen LogP contribution >= 0.6 is 11.8 Å². The van der Waals surface area contributed by atoms with Gasteiger partial charge in [0.1, 0.15) is 0 Å². The van der Waals surface area contributed by atoms with E-state index in [2.05, 4.69) is 5.32 Å². The monoisotopic (exact) mass is 280 g/mol. The van der Waals surface area contributed by atoms with Gasteiger partial charge in [0.15, 0.2) is 5.78 Å². The van der Waals surface area contributed by atoms with E-state index in [0.717, 1.165) is 4.90 Å². The molecule has 0 fully saturated rings. The summed E-state index contributed by atoms with van der Waals surface area (Å²) in [5.74, 6) is 0.250. The standard InChI is InChI=1S/C14H20N2O2S/c1-9(2)14(10(3)17)16-13(18)8-19-12-6-4-11(15)5-7-12/h4-7,9,14H,8,15H2,1-3H3,(H,16,18). The van der Waals surface area contributed by atoms with Gasteiger partial charge in [-0.2, -0.15) is 0 Å². The number of Topliss-reactive ketones (excluding diaryl/α,β-unsaturated/α-hetero) is 1. The molecule has 0 saturated carbocycles. The van der Waals surface area contributed by atoms with Crippen molar-refractivity contribution in [2.75, 3.05) is 11.5 Å². The first-order valence-electron chi connectivity index (χ1n) is 6.18. The minimum Gasteiger partial charge on any atom is -0.399 e. The van der Waals surface area contributed by atoms with Crippen LogP contribution in [0.5, 0.6) is 0 Å². The number of thioether (sulfide) groups is 1. The van der Waals surface area contributed by atoms with Gasteiger partial charge in [0.05, 0.1) is 11.8 Å². The number of rotatable bonds is 6. The van der Waals surface area contributed by atoms with Crippen molar-refractivity contribution in [3.8, 4) is 0 Å². The molecule has 0 aliphatic carbocycles. The van der Waals surface area contributed by atoms with Gasteiger partial charge in [-0.25, -0.2) is 0 Å². The van der Waals surface area contributed by atoms with Gasteiger partial charge in [-0.15, -0.1) is 11.8 Å². The number of hydrogen-bond donors (Lipinski definition) is 2. The van der Waals surface area contributed by atoms with Crippen molar-refractivity contribution in [3.05, 3.63) is 24.3 Å². The molecule has 1 aromatic rings. The molecule has 0 aliphatic rings. The molecule has 1 amide bonds. The van der Waals surface area contributed by atoms with Crippen molar-refractivity contribution in [1.29, 1.82) is 0 Å². The largest absolute Gasteiger partial charge is 0.399 e. The molecular weight excluding hydrogens is 260 g/mol. The van der Waals surface area contributed by atoms with Gasteiger partial charge in [0, 0.05) is 10.6 Å². The highest BCUT2D eigenvalue weighted by molar-refractivity contribution is 8.00. The summed E-state index contributed by atoms with van der Waals surface area (Å²) in [6.45, 7) is 5.33. The van der Waals surface area contributed by atoms with Crippen LogP contribution in [0.25, 0.3) is 0 Å². The molecule has 4 nitrogen and oxygen atoms in total. The predicted octanol–water partition coefficient (Wildman–Crippen LogP) is 2.09. The zero-order valence-corrected chi connectivity index (χ0v) is 12.3. The maximum atomic E-state index is 11.8. The molecule has 0 aromatic heterocycles. The maximum Gasteiger partial charge on any atom is 0.230 e. The molecule has 104 valence electrons. The molecule has 0 radical (unpaired) electrons. The van der Waals surface area contributed by atoms with Gasteiger partial charge in [0.25, 0.3) is 0 Å². The molecule has 1 rings (SSSR count). The molecule has 0 spiro atoms. The van der Waals surface area contributed by atoms with Gasteiger partial charge in [0.2, 0.25) is 5.91 Å². The first kappa shape index (κ1) is 15.6. The van der Waals surface area contributed by atoms with E-state index < -0.39 is 6.04 Å². The van der Waals surface area contributed by atoms with Gasteiger partial charge in [-0.05, 0) is 37.1 Å². The Labute approximate surface area is 118 Å². The van der Waals surface area contributed by atoms with Crippen molar-refractivity contribution >= 4 is 29.1 Å². The molecule has 0 heterocycles. The van der Waals surface area contributed by atoms with Crippen LogP contribution in [-0.4, -0.2) is 23.5 Å². The summed E-state index contributed by atoms with van der Waals surface area (Å²) < 4.78 is 0. The van der Waals surface area contributed by atoms with Crippen molar-refractivity contribution in [2.24, 2.45) is 5.92 Å². The normalized spacial score (nSPS) is 12.2. The van der Waals surface area contributed by atoms with Gasteiger partial charge in [-0.3, -0.25) is 9.59 Å². The Bertz CT molecular complexity index is 443. The average molecular weight is 280 g/mol. The summed E-state index contributed by atoms with van der Waals surface area (Å²) in [6.07, 6.45) is 0. The second-order valence-corrected chi connectivity index (χ2v) is 5.81. The quantitative estimate of drug-likeness (QED) is 0.618. The van der Waals surface area contributed by atoms with Gasteiger partial charge in [-0.1, -0.05) is 13.8 Å². The van der Waals surface area contributed by atoms with Gasteiger partial charge < -0.3 is 11.1 Å². The summed E-state index contributed by atoms with van der Waals surface area (Å²) in [6, 6.07) is 6.94. The number of nitrogen functional groups attached to an aromatic ring is 1. The van der Waals surface area contributed by atoms with Crippen molar-refractivity contribution < 1.29 is 9.59 Å². The van der Waals surface area contributed by atoms with E-state index in [1.807, 2.05) is 26.0 Å². The first-order valence-corrected chi connectivity index (χ1v) is 7.17. The highest BCUT2D eigenvalue weighted by Gasteiger charge is 2.20. The molecule has 19 heavy (non-hydrogen) atoms. The Morgan fingerprint density at radius 2 is 1.84 bits per heavy atom. The first-order chi connectivity index (χ1) is 8.90. The van der Waals surface area contributed by atoms with E-state index in [1.165, 1.54) is 18.7 Å². The number of carbonyl (C=O) groups is 2.